The zero-order valence-corrected chi connectivity index (χ0v) is 17.1. The standard InChI is InChI=1S/C25H24N2O4/c28-23(9-10-24(29)30)26-13-16-11-20(15-26)22-8-7-21(25(31)27(22)14-16)19-6-5-17-3-1-2-4-18(17)12-19/h1-8,12,16,20H,9-11,13-15H2,(H,29,30)/p-1/t16-,20+/m0/s1. The SMILES string of the molecule is O=C([O-])CCC(=O)N1C[C@@H]2C[C@H](C1)c1ccc(-c3ccc4ccccc4c3)c(=O)n1C2. The number of rotatable bonds is 4. The van der Waals surface area contributed by atoms with Gasteiger partial charge in [-0.15, -0.1) is 0 Å². The van der Waals surface area contributed by atoms with Gasteiger partial charge in [-0.05, 0) is 53.3 Å². The fourth-order valence-electron chi connectivity index (χ4n) is 5.09. The van der Waals surface area contributed by atoms with E-state index in [2.05, 4.69) is 12.1 Å². The molecule has 1 aromatic heterocycles. The zero-order chi connectivity index (χ0) is 21.5. The van der Waals surface area contributed by atoms with E-state index in [4.69, 9.17) is 0 Å². The molecule has 0 N–H and O–H groups in total. The Hall–Kier alpha value is -3.41. The number of nitrogens with zero attached hydrogens (tertiary/aromatic N) is 2. The number of pyridine rings is 1. The monoisotopic (exact) mass is 415 g/mol. The lowest BCUT2D eigenvalue weighted by Gasteiger charge is -2.43. The first-order valence-electron chi connectivity index (χ1n) is 10.7. The number of hydrogen-bond acceptors (Lipinski definition) is 4. The molecule has 3 aromatic rings. The van der Waals surface area contributed by atoms with Gasteiger partial charge in [-0.2, -0.15) is 0 Å². The number of hydrogen-bond donors (Lipinski definition) is 0. The predicted octanol–water partition coefficient (Wildman–Crippen LogP) is 2.14. The molecule has 0 radical (unpaired) electrons. The van der Waals surface area contributed by atoms with Crippen LogP contribution in [0.1, 0.15) is 30.9 Å². The van der Waals surface area contributed by atoms with Crippen molar-refractivity contribution in [1.82, 2.24) is 9.47 Å². The number of carboxylic acids is 1. The van der Waals surface area contributed by atoms with Crippen molar-refractivity contribution in [2.24, 2.45) is 5.92 Å². The molecule has 0 aliphatic carbocycles. The van der Waals surface area contributed by atoms with Crippen LogP contribution in [0.5, 0.6) is 0 Å². The Morgan fingerprint density at radius 2 is 1.74 bits per heavy atom. The fraction of sp³-hybridized carbons (Fsp3) is 0.320. The van der Waals surface area contributed by atoms with Crippen molar-refractivity contribution in [2.75, 3.05) is 13.1 Å². The number of carbonyl (C=O) groups is 2. The molecule has 2 bridgehead atoms. The van der Waals surface area contributed by atoms with Crippen LogP contribution in [0.15, 0.2) is 59.4 Å². The average Bonchev–Trinajstić information content (AvgIpc) is 2.77. The van der Waals surface area contributed by atoms with Crippen molar-refractivity contribution in [3.05, 3.63) is 70.6 Å². The topological polar surface area (TPSA) is 82.4 Å². The first-order valence-corrected chi connectivity index (χ1v) is 10.7. The smallest absolute Gasteiger partial charge is 0.258 e. The lowest BCUT2D eigenvalue weighted by atomic mass is 9.82. The summed E-state index contributed by atoms with van der Waals surface area (Å²) in [6, 6.07) is 18.1. The second-order valence-electron chi connectivity index (χ2n) is 8.62. The Labute approximate surface area is 179 Å². The molecule has 3 heterocycles. The van der Waals surface area contributed by atoms with Gasteiger partial charge in [0.25, 0.3) is 5.56 Å². The highest BCUT2D eigenvalue weighted by Crippen LogP contribution is 2.36. The highest BCUT2D eigenvalue weighted by molar-refractivity contribution is 5.87. The van der Waals surface area contributed by atoms with Crippen molar-refractivity contribution in [3.63, 3.8) is 0 Å². The summed E-state index contributed by atoms with van der Waals surface area (Å²) in [5, 5.41) is 12.9. The quantitative estimate of drug-likeness (QED) is 0.654. The van der Waals surface area contributed by atoms with Gasteiger partial charge >= 0.3 is 0 Å². The van der Waals surface area contributed by atoms with Crippen molar-refractivity contribution in [1.29, 1.82) is 0 Å². The van der Waals surface area contributed by atoms with Crippen LogP contribution >= 0.6 is 0 Å². The number of fused-ring (bicyclic) bond motifs is 5. The molecule has 5 rings (SSSR count). The highest BCUT2D eigenvalue weighted by Gasteiger charge is 2.36. The zero-order valence-electron chi connectivity index (χ0n) is 17.1. The molecule has 1 amide bonds. The molecule has 31 heavy (non-hydrogen) atoms. The van der Waals surface area contributed by atoms with Crippen molar-refractivity contribution >= 4 is 22.6 Å². The van der Waals surface area contributed by atoms with Gasteiger partial charge in [0.2, 0.25) is 5.91 Å². The van der Waals surface area contributed by atoms with Crippen LogP contribution in [0, 0.1) is 5.92 Å². The van der Waals surface area contributed by atoms with E-state index >= 15 is 0 Å². The summed E-state index contributed by atoms with van der Waals surface area (Å²) in [7, 11) is 0. The Balaban J connectivity index is 1.45. The first-order chi connectivity index (χ1) is 15.0. The van der Waals surface area contributed by atoms with Crippen LogP contribution in [0.25, 0.3) is 21.9 Å². The van der Waals surface area contributed by atoms with Gasteiger partial charge < -0.3 is 19.4 Å². The number of carboxylic acid groups (broad SMARTS) is 1. The van der Waals surface area contributed by atoms with Gasteiger partial charge in [-0.1, -0.05) is 36.4 Å². The number of aliphatic carboxylic acids is 1. The maximum atomic E-state index is 13.4. The molecule has 2 aromatic carbocycles. The minimum absolute atomic E-state index is 0.0132. The summed E-state index contributed by atoms with van der Waals surface area (Å²) in [5.74, 6) is -1.06. The summed E-state index contributed by atoms with van der Waals surface area (Å²) < 4.78 is 1.88. The second-order valence-corrected chi connectivity index (χ2v) is 8.62. The predicted molar refractivity (Wildman–Crippen MR) is 115 cm³/mol. The summed E-state index contributed by atoms with van der Waals surface area (Å²) >= 11 is 0. The van der Waals surface area contributed by atoms with Crippen LogP contribution in [-0.2, 0) is 16.1 Å². The van der Waals surface area contributed by atoms with Crippen molar-refractivity contribution < 1.29 is 14.7 Å². The normalized spacial score (nSPS) is 19.8. The van der Waals surface area contributed by atoms with Crippen LogP contribution in [0.3, 0.4) is 0 Å². The van der Waals surface area contributed by atoms with E-state index in [1.165, 1.54) is 0 Å². The van der Waals surface area contributed by atoms with E-state index in [0.717, 1.165) is 28.5 Å². The summed E-state index contributed by atoms with van der Waals surface area (Å²) in [4.78, 5) is 38.3. The molecule has 2 aliphatic heterocycles. The molecule has 1 saturated heterocycles. The second kappa shape index (κ2) is 7.69. The number of carbonyl (C=O) groups excluding carboxylic acids is 2. The van der Waals surface area contributed by atoms with Crippen molar-refractivity contribution in [3.8, 4) is 11.1 Å². The van der Waals surface area contributed by atoms with E-state index in [-0.39, 0.29) is 36.1 Å². The Bertz CT molecular complexity index is 1250. The molecular weight excluding hydrogens is 392 g/mol. The summed E-state index contributed by atoms with van der Waals surface area (Å²) in [6.07, 6.45) is 0.657. The number of piperidine rings is 1. The molecule has 6 nitrogen and oxygen atoms in total. The molecular formula is C25H23N2O4-. The third kappa shape index (κ3) is 3.63. The van der Waals surface area contributed by atoms with Gasteiger partial charge in [0.1, 0.15) is 0 Å². The maximum Gasteiger partial charge on any atom is 0.258 e. The van der Waals surface area contributed by atoms with E-state index in [0.29, 0.717) is 25.2 Å². The van der Waals surface area contributed by atoms with E-state index in [1.54, 1.807) is 4.90 Å². The van der Waals surface area contributed by atoms with Crippen LogP contribution in [-0.4, -0.2) is 34.4 Å². The molecule has 0 spiro atoms. The maximum absolute atomic E-state index is 13.4. The molecule has 1 fully saturated rings. The Morgan fingerprint density at radius 1 is 0.935 bits per heavy atom. The molecule has 0 unspecified atom stereocenters. The van der Waals surface area contributed by atoms with Crippen LogP contribution < -0.4 is 10.7 Å². The average molecular weight is 415 g/mol. The third-order valence-corrected chi connectivity index (χ3v) is 6.56. The Kier molecular flexibility index (Phi) is 4.85. The summed E-state index contributed by atoms with van der Waals surface area (Å²) in [5.41, 5.74) is 2.58. The van der Waals surface area contributed by atoms with Crippen molar-refractivity contribution in [2.45, 2.75) is 31.7 Å². The van der Waals surface area contributed by atoms with Gasteiger partial charge in [0.05, 0.1) is 0 Å². The van der Waals surface area contributed by atoms with Crippen LogP contribution in [0.2, 0.25) is 0 Å². The molecule has 0 saturated carbocycles. The number of aromatic nitrogens is 1. The molecule has 2 aliphatic rings. The first kappa shape index (κ1) is 19.5. The van der Waals surface area contributed by atoms with Gasteiger partial charge in [-0.25, -0.2) is 0 Å². The number of likely N-dealkylation sites (tertiary alicyclic amines) is 1. The largest absolute Gasteiger partial charge is 0.550 e. The molecule has 2 atom stereocenters. The summed E-state index contributed by atoms with van der Waals surface area (Å²) in [6.45, 7) is 1.67. The number of amides is 1. The minimum atomic E-state index is -1.20. The highest BCUT2D eigenvalue weighted by atomic mass is 16.4. The van der Waals surface area contributed by atoms with Gasteiger partial charge in [-0.3, -0.25) is 9.59 Å². The Morgan fingerprint density at radius 3 is 2.55 bits per heavy atom. The minimum Gasteiger partial charge on any atom is -0.550 e. The number of benzene rings is 2. The van der Waals surface area contributed by atoms with E-state index in [9.17, 15) is 19.5 Å². The van der Waals surface area contributed by atoms with Crippen LogP contribution in [0.4, 0.5) is 0 Å². The van der Waals surface area contributed by atoms with E-state index in [1.807, 2.05) is 47.0 Å². The fourth-order valence-corrected chi connectivity index (χ4v) is 5.09. The van der Waals surface area contributed by atoms with Gasteiger partial charge in [0, 0.05) is 49.2 Å². The molecule has 6 heteroatoms. The lowest BCUT2D eigenvalue weighted by molar-refractivity contribution is -0.305. The van der Waals surface area contributed by atoms with Gasteiger partial charge in [0.15, 0.2) is 0 Å². The lowest BCUT2D eigenvalue weighted by Crippen LogP contribution is -2.49. The third-order valence-electron chi connectivity index (χ3n) is 6.56. The molecule has 158 valence electrons. The van der Waals surface area contributed by atoms with E-state index < -0.39 is 5.97 Å².